The van der Waals surface area contributed by atoms with Gasteiger partial charge in [0, 0.05) is 6.85 Å². The van der Waals surface area contributed by atoms with Crippen molar-refractivity contribution in [2.75, 3.05) is 0 Å². The summed E-state index contributed by atoms with van der Waals surface area (Å²) < 4.78 is 36.7. The second-order valence-corrected chi connectivity index (χ2v) is 2.72. The van der Waals surface area contributed by atoms with Crippen LogP contribution in [0, 0.1) is 0 Å². The summed E-state index contributed by atoms with van der Waals surface area (Å²) in [6.07, 6.45) is 3.29. The van der Waals surface area contributed by atoms with Gasteiger partial charge in [0.1, 0.15) is 0 Å². The molecule has 0 saturated heterocycles. The zero-order chi connectivity index (χ0) is 11.5. The number of hydrogen-bond donors (Lipinski definition) is 0. The van der Waals surface area contributed by atoms with Crippen molar-refractivity contribution in [1.29, 1.82) is 0 Å². The molecule has 0 heteroatoms. The van der Waals surface area contributed by atoms with Crippen molar-refractivity contribution in [2.24, 2.45) is 0 Å². The van der Waals surface area contributed by atoms with E-state index in [4.69, 9.17) is 6.85 Å². The van der Waals surface area contributed by atoms with Crippen molar-refractivity contribution < 1.29 is 6.85 Å². The predicted octanol–water partition coefficient (Wildman–Crippen LogP) is 3.68. The molecular formula is C10H18. The van der Waals surface area contributed by atoms with Crippen LogP contribution in [0.3, 0.4) is 0 Å². The first-order chi connectivity index (χ1) is 6.94. The second kappa shape index (κ2) is 3.80. The van der Waals surface area contributed by atoms with E-state index in [1.807, 2.05) is 0 Å². The highest BCUT2D eigenvalue weighted by Crippen LogP contribution is 2.28. The molecule has 0 aromatic rings. The van der Waals surface area contributed by atoms with Crippen LogP contribution in [0.25, 0.3) is 0 Å². The predicted molar refractivity (Wildman–Crippen MR) is 46.1 cm³/mol. The molecule has 1 aliphatic carbocycles. The van der Waals surface area contributed by atoms with E-state index in [9.17, 15) is 0 Å². The summed E-state index contributed by atoms with van der Waals surface area (Å²) in [5.74, 6) is 0. The zero-order valence-corrected chi connectivity index (χ0v) is 6.32. The van der Waals surface area contributed by atoms with Gasteiger partial charge in [-0.25, -0.2) is 0 Å². The van der Waals surface area contributed by atoms with Gasteiger partial charge in [0.05, 0.1) is 0 Å². The third kappa shape index (κ3) is 1.62. The fourth-order valence-electron chi connectivity index (χ4n) is 1.44. The molecule has 0 saturated carbocycles. The molecule has 10 heavy (non-hydrogen) atoms. The Hall–Kier alpha value is -0.260. The molecule has 0 nitrogen and oxygen atoms in total. The smallest absolute Gasteiger partial charge is 0.0310 e. The van der Waals surface area contributed by atoms with Crippen molar-refractivity contribution in [3.05, 3.63) is 11.1 Å². The van der Waals surface area contributed by atoms with Crippen molar-refractivity contribution in [3.63, 3.8) is 0 Å². The topological polar surface area (TPSA) is 0 Å². The Kier molecular flexibility index (Phi) is 1.30. The largest absolute Gasteiger partial charge is 0.0713 e. The lowest BCUT2D eigenvalue weighted by molar-refractivity contribution is 0.640. The second-order valence-electron chi connectivity index (χ2n) is 2.72. The average molecular weight is 143 g/mol. The average Bonchev–Trinajstić information content (AvgIpc) is 2.15. The van der Waals surface area contributed by atoms with E-state index in [2.05, 4.69) is 0 Å². The van der Waals surface area contributed by atoms with Gasteiger partial charge >= 0.3 is 0 Å². The summed E-state index contributed by atoms with van der Waals surface area (Å²) >= 11 is 0. The Balaban J connectivity index is 2.81. The van der Waals surface area contributed by atoms with Gasteiger partial charge in [-0.15, -0.1) is 0 Å². The van der Waals surface area contributed by atoms with E-state index < -0.39 is 13.2 Å². The highest BCUT2D eigenvalue weighted by atomic mass is 14.1. The monoisotopic (exact) mass is 143 g/mol. The molecule has 0 bridgehead atoms. The zero-order valence-electron chi connectivity index (χ0n) is 11.3. The van der Waals surface area contributed by atoms with Gasteiger partial charge in [0.2, 0.25) is 0 Å². The maximum Gasteiger partial charge on any atom is 0.0310 e. The van der Waals surface area contributed by atoms with Crippen molar-refractivity contribution in [2.45, 2.75) is 52.3 Å². The first kappa shape index (κ1) is 3.42. The van der Waals surface area contributed by atoms with Gasteiger partial charge < -0.3 is 0 Å². The van der Waals surface area contributed by atoms with E-state index in [0.29, 0.717) is 0 Å². The van der Waals surface area contributed by atoms with Crippen LogP contribution in [0.2, 0.25) is 0 Å². The SMILES string of the molecule is [2H]CC([2H])C1=C(CC([2H])([2H])[2H])CCCC1. The fourth-order valence-corrected chi connectivity index (χ4v) is 1.44. The first-order valence-corrected chi connectivity index (χ1v) is 3.86. The minimum atomic E-state index is -1.93. The summed E-state index contributed by atoms with van der Waals surface area (Å²) in [6, 6.07) is 0. The van der Waals surface area contributed by atoms with Gasteiger partial charge in [-0.05, 0) is 38.5 Å². The van der Waals surface area contributed by atoms with E-state index in [1.54, 1.807) is 0 Å². The molecule has 0 aliphatic heterocycles. The molecule has 0 heterocycles. The van der Waals surface area contributed by atoms with Gasteiger partial charge in [0.15, 0.2) is 0 Å². The maximum absolute atomic E-state index is 7.72. The molecule has 0 fully saturated rings. The third-order valence-electron chi connectivity index (χ3n) is 2.09. The minimum absolute atomic E-state index is 0.0415. The molecular weight excluding hydrogens is 120 g/mol. The van der Waals surface area contributed by atoms with E-state index in [-0.39, 0.29) is 13.3 Å². The summed E-state index contributed by atoms with van der Waals surface area (Å²) in [4.78, 5) is 0. The Morgan fingerprint density at radius 1 is 1.40 bits per heavy atom. The summed E-state index contributed by atoms with van der Waals surface area (Å²) in [5, 5.41) is 0. The van der Waals surface area contributed by atoms with Crippen molar-refractivity contribution in [1.82, 2.24) is 0 Å². The molecule has 58 valence electrons. The molecule has 1 aliphatic rings. The summed E-state index contributed by atoms with van der Waals surface area (Å²) in [6.45, 7) is -1.89. The lowest BCUT2D eigenvalue weighted by atomic mass is 9.89. The molecule has 0 aromatic heterocycles. The van der Waals surface area contributed by atoms with Crippen LogP contribution in [0.15, 0.2) is 11.1 Å². The first-order valence-electron chi connectivity index (χ1n) is 6.65. The molecule has 1 rings (SSSR count). The fraction of sp³-hybridized carbons (Fsp3) is 0.800. The van der Waals surface area contributed by atoms with Gasteiger partial charge in [-0.2, -0.15) is 0 Å². The summed E-state index contributed by atoms with van der Waals surface area (Å²) in [5.41, 5.74) is 1.85. The Morgan fingerprint density at radius 3 is 2.90 bits per heavy atom. The number of hydrogen-bond acceptors (Lipinski definition) is 0. The number of rotatable bonds is 2. The maximum atomic E-state index is 7.72. The lowest BCUT2D eigenvalue weighted by Crippen LogP contribution is -1.97. The van der Waals surface area contributed by atoms with Crippen LogP contribution in [-0.2, 0) is 0 Å². The van der Waals surface area contributed by atoms with Crippen LogP contribution < -0.4 is 0 Å². The molecule has 1 atom stereocenters. The molecule has 0 aromatic carbocycles. The van der Waals surface area contributed by atoms with Crippen LogP contribution in [0.5, 0.6) is 0 Å². The summed E-state index contributed by atoms with van der Waals surface area (Å²) in [7, 11) is 0. The highest BCUT2D eigenvalue weighted by Gasteiger charge is 2.08. The Labute approximate surface area is 71.4 Å². The third-order valence-corrected chi connectivity index (χ3v) is 2.09. The molecule has 0 spiro atoms. The standard InChI is InChI=1S/C10H18/c1-3-9-7-5-6-8-10(9)4-2/h3-8H2,1-2H3/i1D,2D3,3D. The molecule has 1 unspecified atom stereocenters. The van der Waals surface area contributed by atoms with Gasteiger partial charge in [-0.1, -0.05) is 24.9 Å². The number of allylic oxidation sites excluding steroid dienone is 2. The van der Waals surface area contributed by atoms with Crippen LogP contribution in [0.4, 0.5) is 0 Å². The lowest BCUT2D eigenvalue weighted by Gasteiger charge is -2.17. The van der Waals surface area contributed by atoms with E-state index in [1.165, 1.54) is 0 Å². The van der Waals surface area contributed by atoms with Crippen LogP contribution in [0.1, 0.15) is 59.1 Å². The van der Waals surface area contributed by atoms with E-state index >= 15 is 0 Å². The van der Waals surface area contributed by atoms with Gasteiger partial charge in [0.25, 0.3) is 0 Å². The van der Waals surface area contributed by atoms with E-state index in [0.717, 1.165) is 36.8 Å². The van der Waals surface area contributed by atoms with Crippen LogP contribution >= 0.6 is 0 Å². The highest BCUT2D eigenvalue weighted by molar-refractivity contribution is 5.15. The molecule has 0 radical (unpaired) electrons. The normalized spacial score (nSPS) is 31.4. The van der Waals surface area contributed by atoms with Crippen molar-refractivity contribution >= 4 is 0 Å². The Morgan fingerprint density at radius 2 is 2.20 bits per heavy atom. The Bertz CT molecular complexity index is 241. The molecule has 0 amide bonds. The van der Waals surface area contributed by atoms with Crippen LogP contribution in [-0.4, -0.2) is 0 Å². The van der Waals surface area contributed by atoms with Crippen molar-refractivity contribution in [3.8, 4) is 0 Å². The van der Waals surface area contributed by atoms with Gasteiger partial charge in [-0.3, -0.25) is 0 Å². The quantitative estimate of drug-likeness (QED) is 0.517. The molecule has 0 N–H and O–H groups in total. The minimum Gasteiger partial charge on any atom is -0.0713 e.